The van der Waals surface area contributed by atoms with E-state index in [1.165, 1.54) is 6.20 Å². The number of nitrogens with two attached hydrogens (primary N) is 2. The van der Waals surface area contributed by atoms with Crippen molar-refractivity contribution < 1.29 is 8.42 Å². The first-order valence-corrected chi connectivity index (χ1v) is 7.38. The molecule has 0 atom stereocenters. The Balaban J connectivity index is 2.26. The maximum atomic E-state index is 12.2. The third kappa shape index (κ3) is 3.22. The van der Waals surface area contributed by atoms with Crippen LogP contribution in [0, 0.1) is 0 Å². The average Bonchev–Trinajstić information content (AvgIpc) is 2.43. The lowest BCUT2D eigenvalue weighted by atomic mass is 10.2. The molecular formula is C12H15N5O2S. The first-order valence-electron chi connectivity index (χ1n) is 5.89. The highest BCUT2D eigenvalue weighted by atomic mass is 32.2. The summed E-state index contributed by atoms with van der Waals surface area (Å²) in [5.74, 6) is -0.0764. The fraction of sp³-hybridized carbons (Fsp3) is 0.167. The van der Waals surface area contributed by atoms with Gasteiger partial charge in [-0.05, 0) is 11.5 Å². The lowest BCUT2D eigenvalue weighted by Crippen LogP contribution is -2.29. The van der Waals surface area contributed by atoms with Crippen molar-refractivity contribution in [3.63, 3.8) is 0 Å². The Bertz CT molecular complexity index is 733. The van der Waals surface area contributed by atoms with E-state index in [2.05, 4.69) is 14.7 Å². The number of benzene rings is 1. The molecule has 0 amide bonds. The molecule has 0 fully saturated rings. The van der Waals surface area contributed by atoms with Gasteiger partial charge in [-0.3, -0.25) is 4.99 Å². The molecule has 0 aliphatic heterocycles. The summed E-state index contributed by atoms with van der Waals surface area (Å²) in [4.78, 5) is 7.67. The topological polar surface area (TPSA) is 123 Å². The maximum absolute atomic E-state index is 12.2. The molecule has 2 aromatic rings. The van der Waals surface area contributed by atoms with Gasteiger partial charge in [-0.25, -0.2) is 18.1 Å². The maximum Gasteiger partial charge on any atom is 0.258 e. The van der Waals surface area contributed by atoms with Crippen LogP contribution in [-0.4, -0.2) is 32.5 Å². The molecule has 1 aromatic carbocycles. The van der Waals surface area contributed by atoms with Crippen LogP contribution in [0.1, 0.15) is 0 Å². The zero-order valence-electron chi connectivity index (χ0n) is 10.7. The molecule has 0 aliphatic rings. The zero-order chi connectivity index (χ0) is 14.6. The van der Waals surface area contributed by atoms with Crippen LogP contribution < -0.4 is 16.2 Å². The Morgan fingerprint density at radius 1 is 1.25 bits per heavy atom. The number of sulfonamides is 1. The van der Waals surface area contributed by atoms with E-state index in [1.54, 1.807) is 18.2 Å². The molecule has 0 spiro atoms. The summed E-state index contributed by atoms with van der Waals surface area (Å²) >= 11 is 0. The molecule has 0 radical (unpaired) electrons. The molecule has 2 rings (SSSR count). The average molecular weight is 293 g/mol. The van der Waals surface area contributed by atoms with Gasteiger partial charge >= 0.3 is 0 Å². The van der Waals surface area contributed by atoms with Crippen LogP contribution >= 0.6 is 0 Å². The van der Waals surface area contributed by atoms with Crippen LogP contribution in [0.25, 0.3) is 10.8 Å². The van der Waals surface area contributed by atoms with E-state index in [9.17, 15) is 8.42 Å². The highest BCUT2D eigenvalue weighted by molar-refractivity contribution is 7.89. The molecule has 0 saturated carbocycles. The minimum Gasteiger partial charge on any atom is -0.370 e. The molecule has 106 valence electrons. The fourth-order valence-corrected chi connectivity index (χ4v) is 2.91. The van der Waals surface area contributed by atoms with Crippen molar-refractivity contribution in [1.82, 2.24) is 9.71 Å². The Morgan fingerprint density at radius 2 is 2.00 bits per heavy atom. The zero-order valence-corrected chi connectivity index (χ0v) is 11.5. The van der Waals surface area contributed by atoms with Gasteiger partial charge in [0.05, 0.1) is 6.54 Å². The largest absolute Gasteiger partial charge is 0.370 e. The Hall–Kier alpha value is -2.19. The summed E-state index contributed by atoms with van der Waals surface area (Å²) in [6.07, 6.45) is 1.47. The van der Waals surface area contributed by atoms with Gasteiger partial charge in [0.25, 0.3) is 10.0 Å². The van der Waals surface area contributed by atoms with Crippen LogP contribution in [0.2, 0.25) is 0 Å². The number of nitrogens with zero attached hydrogens (tertiary/aromatic N) is 2. The highest BCUT2D eigenvalue weighted by Crippen LogP contribution is 2.19. The minimum atomic E-state index is -3.70. The number of fused-ring (bicyclic) bond motifs is 1. The van der Waals surface area contributed by atoms with Crippen molar-refractivity contribution in [2.45, 2.75) is 5.03 Å². The van der Waals surface area contributed by atoms with E-state index in [0.717, 1.165) is 5.39 Å². The lowest BCUT2D eigenvalue weighted by molar-refractivity contribution is 0.579. The van der Waals surface area contributed by atoms with E-state index < -0.39 is 10.0 Å². The summed E-state index contributed by atoms with van der Waals surface area (Å²) in [6.45, 7) is 0.275. The molecule has 0 aliphatic carbocycles. The van der Waals surface area contributed by atoms with E-state index in [4.69, 9.17) is 11.5 Å². The van der Waals surface area contributed by atoms with E-state index in [1.807, 2.05) is 12.1 Å². The van der Waals surface area contributed by atoms with Crippen molar-refractivity contribution in [1.29, 1.82) is 0 Å². The number of pyridine rings is 1. The van der Waals surface area contributed by atoms with E-state index in [-0.39, 0.29) is 24.1 Å². The Kier molecular flexibility index (Phi) is 4.16. The standard InChI is InChI=1S/C12H15N5O2S/c13-12(14)16-7-8-17-20(18,19)11-10-4-2-1-3-9(10)5-6-15-11/h1-6,17H,7-8H2,(H4,13,14,16). The second-order valence-corrected chi connectivity index (χ2v) is 5.72. The summed E-state index contributed by atoms with van der Waals surface area (Å²) in [7, 11) is -3.70. The first kappa shape index (κ1) is 14.2. The van der Waals surface area contributed by atoms with Crippen molar-refractivity contribution in [3.8, 4) is 0 Å². The van der Waals surface area contributed by atoms with Gasteiger partial charge < -0.3 is 11.5 Å². The number of guanidine groups is 1. The summed E-state index contributed by atoms with van der Waals surface area (Å²) in [5.41, 5.74) is 10.3. The molecular weight excluding hydrogens is 278 g/mol. The predicted octanol–water partition coefficient (Wildman–Crippen LogP) is -0.213. The van der Waals surface area contributed by atoms with Gasteiger partial charge in [-0.2, -0.15) is 0 Å². The van der Waals surface area contributed by atoms with Crippen LogP contribution in [-0.2, 0) is 10.0 Å². The summed E-state index contributed by atoms with van der Waals surface area (Å²) < 4.78 is 26.8. The molecule has 1 aromatic heterocycles. The SMILES string of the molecule is NC(N)=NCCNS(=O)(=O)c1nccc2ccccc12. The number of hydrogen-bond acceptors (Lipinski definition) is 4. The van der Waals surface area contributed by atoms with Gasteiger partial charge in [-0.15, -0.1) is 0 Å². The van der Waals surface area contributed by atoms with Crippen molar-refractivity contribution in [2.24, 2.45) is 16.5 Å². The molecule has 1 heterocycles. The summed E-state index contributed by atoms with van der Waals surface area (Å²) in [6, 6.07) is 8.91. The highest BCUT2D eigenvalue weighted by Gasteiger charge is 2.17. The molecule has 5 N–H and O–H groups in total. The smallest absolute Gasteiger partial charge is 0.258 e. The molecule has 0 bridgehead atoms. The van der Waals surface area contributed by atoms with Crippen LogP contribution in [0.5, 0.6) is 0 Å². The van der Waals surface area contributed by atoms with Crippen molar-refractivity contribution >= 4 is 26.8 Å². The molecule has 0 unspecified atom stereocenters. The molecule has 0 saturated heterocycles. The lowest BCUT2D eigenvalue weighted by Gasteiger charge is -2.07. The van der Waals surface area contributed by atoms with Crippen LogP contribution in [0.15, 0.2) is 46.5 Å². The van der Waals surface area contributed by atoms with Gasteiger partial charge in [0.1, 0.15) is 0 Å². The quantitative estimate of drug-likeness (QED) is 0.400. The predicted molar refractivity (Wildman–Crippen MR) is 77.6 cm³/mol. The van der Waals surface area contributed by atoms with Gasteiger partial charge in [0.15, 0.2) is 11.0 Å². The Labute approximate surface area is 116 Å². The van der Waals surface area contributed by atoms with Gasteiger partial charge in [0, 0.05) is 18.1 Å². The normalized spacial score (nSPS) is 11.4. The van der Waals surface area contributed by atoms with E-state index in [0.29, 0.717) is 5.39 Å². The van der Waals surface area contributed by atoms with Crippen LogP contribution in [0.3, 0.4) is 0 Å². The Morgan fingerprint density at radius 3 is 2.75 bits per heavy atom. The van der Waals surface area contributed by atoms with Crippen molar-refractivity contribution in [2.75, 3.05) is 13.1 Å². The number of nitrogens with one attached hydrogen (secondary N) is 1. The fourth-order valence-electron chi connectivity index (χ4n) is 1.74. The summed E-state index contributed by atoms with van der Waals surface area (Å²) in [5, 5.41) is 1.39. The molecule has 20 heavy (non-hydrogen) atoms. The third-order valence-electron chi connectivity index (χ3n) is 2.59. The molecule has 7 nitrogen and oxygen atoms in total. The molecule has 8 heteroatoms. The number of aromatic nitrogens is 1. The van der Waals surface area contributed by atoms with Crippen molar-refractivity contribution in [3.05, 3.63) is 36.5 Å². The number of aliphatic imine (C=N–C) groups is 1. The first-order chi connectivity index (χ1) is 9.50. The second-order valence-electron chi connectivity index (χ2n) is 4.04. The number of hydrogen-bond donors (Lipinski definition) is 3. The van der Waals surface area contributed by atoms with Gasteiger partial charge in [0.2, 0.25) is 0 Å². The number of rotatable bonds is 5. The van der Waals surface area contributed by atoms with E-state index >= 15 is 0 Å². The minimum absolute atomic E-state index is 0.000278. The van der Waals surface area contributed by atoms with Crippen LogP contribution in [0.4, 0.5) is 0 Å². The van der Waals surface area contributed by atoms with Gasteiger partial charge in [-0.1, -0.05) is 24.3 Å². The monoisotopic (exact) mass is 293 g/mol. The third-order valence-corrected chi connectivity index (χ3v) is 4.01. The second kappa shape index (κ2) is 5.85.